The third-order valence-corrected chi connectivity index (χ3v) is 2.52. The Balaban J connectivity index is 2.44. The van der Waals surface area contributed by atoms with Crippen LogP contribution in [0.1, 0.15) is 25.3 Å². The van der Waals surface area contributed by atoms with Gasteiger partial charge in [-0.05, 0) is 37.1 Å². The number of hydrogen-bond donors (Lipinski definition) is 3. The first-order valence-electron chi connectivity index (χ1n) is 6.03. The Kier molecular flexibility index (Phi) is 5.60. The van der Waals surface area contributed by atoms with Crippen LogP contribution < -0.4 is 11.1 Å². The molecule has 0 aliphatic rings. The van der Waals surface area contributed by atoms with E-state index in [2.05, 4.69) is 5.32 Å². The molecule has 0 aliphatic carbocycles. The van der Waals surface area contributed by atoms with Gasteiger partial charge >= 0.3 is 5.97 Å². The topological polar surface area (TPSA) is 92.4 Å². The van der Waals surface area contributed by atoms with E-state index in [4.69, 9.17) is 10.8 Å². The van der Waals surface area contributed by atoms with Gasteiger partial charge in [0.25, 0.3) is 0 Å². The van der Waals surface area contributed by atoms with Gasteiger partial charge in [0.2, 0.25) is 5.91 Å². The van der Waals surface area contributed by atoms with Gasteiger partial charge in [0.05, 0.1) is 0 Å². The molecule has 0 fully saturated rings. The van der Waals surface area contributed by atoms with Crippen molar-refractivity contribution in [2.45, 2.75) is 25.8 Å². The number of rotatable bonds is 6. The summed E-state index contributed by atoms with van der Waals surface area (Å²) in [5.74, 6) is -1.11. The van der Waals surface area contributed by atoms with Crippen LogP contribution in [0.2, 0.25) is 0 Å². The molecule has 1 aromatic carbocycles. The zero-order chi connectivity index (χ0) is 14.3. The molecule has 5 nitrogen and oxygen atoms in total. The third kappa shape index (κ3) is 6.26. The Bertz CT molecular complexity index is 483. The number of benzene rings is 1. The second-order valence-corrected chi connectivity index (χ2v) is 4.35. The predicted molar refractivity (Wildman–Crippen MR) is 74.4 cm³/mol. The van der Waals surface area contributed by atoms with Crippen molar-refractivity contribution in [1.29, 1.82) is 0 Å². The lowest BCUT2D eigenvalue weighted by molar-refractivity contribution is -0.137. The first-order chi connectivity index (χ1) is 8.97. The molecule has 102 valence electrons. The Labute approximate surface area is 112 Å². The van der Waals surface area contributed by atoms with E-state index in [1.807, 2.05) is 12.1 Å². The fourth-order valence-electron chi connectivity index (χ4n) is 1.54. The highest BCUT2D eigenvalue weighted by molar-refractivity contribution is 5.92. The molecule has 0 saturated carbocycles. The van der Waals surface area contributed by atoms with Crippen molar-refractivity contribution in [2.75, 3.05) is 5.73 Å². The smallest absolute Gasteiger partial charge is 0.303 e. The van der Waals surface area contributed by atoms with Crippen molar-refractivity contribution in [3.8, 4) is 0 Å². The quantitative estimate of drug-likeness (QED) is 0.537. The maximum atomic E-state index is 11.6. The number of amides is 1. The lowest BCUT2D eigenvalue weighted by Crippen LogP contribution is -2.31. The van der Waals surface area contributed by atoms with Crippen LogP contribution in [0.4, 0.5) is 5.69 Å². The molecule has 0 saturated heterocycles. The number of aliphatic carboxylic acids is 1. The number of nitrogens with two attached hydrogens (primary N) is 1. The maximum absolute atomic E-state index is 11.6. The molecule has 0 aromatic heterocycles. The van der Waals surface area contributed by atoms with Crippen LogP contribution in [0.15, 0.2) is 30.3 Å². The molecule has 1 amide bonds. The fraction of sp³-hybridized carbons (Fsp3) is 0.286. The van der Waals surface area contributed by atoms with Crippen LogP contribution in [0.5, 0.6) is 0 Å². The lowest BCUT2D eigenvalue weighted by atomic mass is 10.1. The molecule has 19 heavy (non-hydrogen) atoms. The van der Waals surface area contributed by atoms with Gasteiger partial charge < -0.3 is 16.2 Å². The van der Waals surface area contributed by atoms with Crippen LogP contribution in [0.3, 0.4) is 0 Å². The summed E-state index contributed by atoms with van der Waals surface area (Å²) in [6.45, 7) is 1.77. The second-order valence-electron chi connectivity index (χ2n) is 4.35. The zero-order valence-electron chi connectivity index (χ0n) is 10.8. The van der Waals surface area contributed by atoms with E-state index >= 15 is 0 Å². The number of carbonyl (C=O) groups excluding carboxylic acids is 1. The highest BCUT2D eigenvalue weighted by atomic mass is 16.4. The number of carboxylic acid groups (broad SMARTS) is 1. The maximum Gasteiger partial charge on any atom is 0.303 e. The van der Waals surface area contributed by atoms with E-state index in [0.29, 0.717) is 12.1 Å². The first-order valence-corrected chi connectivity index (χ1v) is 6.03. The molecule has 1 atom stereocenters. The van der Waals surface area contributed by atoms with E-state index in [1.165, 1.54) is 6.08 Å². The van der Waals surface area contributed by atoms with Crippen molar-refractivity contribution < 1.29 is 14.7 Å². The van der Waals surface area contributed by atoms with Gasteiger partial charge in [0.15, 0.2) is 0 Å². The highest BCUT2D eigenvalue weighted by Crippen LogP contribution is 2.08. The molecule has 0 spiro atoms. The number of carboxylic acids is 1. The fourth-order valence-corrected chi connectivity index (χ4v) is 1.54. The van der Waals surface area contributed by atoms with E-state index in [-0.39, 0.29) is 18.4 Å². The third-order valence-electron chi connectivity index (χ3n) is 2.52. The SMILES string of the molecule is CC(CCC(=O)O)NC(=O)/C=C/c1cccc(N)c1. The standard InChI is InChI=1S/C14H18N2O3/c1-10(5-8-14(18)19)16-13(17)7-6-11-3-2-4-12(15)9-11/h2-4,6-7,9-10H,5,8,15H2,1H3,(H,16,17)(H,18,19)/b7-6+. The Morgan fingerprint density at radius 1 is 1.47 bits per heavy atom. The number of anilines is 1. The summed E-state index contributed by atoms with van der Waals surface area (Å²) >= 11 is 0. The molecular weight excluding hydrogens is 244 g/mol. The molecule has 4 N–H and O–H groups in total. The summed E-state index contributed by atoms with van der Waals surface area (Å²) in [6, 6.07) is 7.01. The molecule has 5 heteroatoms. The van der Waals surface area contributed by atoms with E-state index < -0.39 is 5.97 Å². The monoisotopic (exact) mass is 262 g/mol. The highest BCUT2D eigenvalue weighted by Gasteiger charge is 2.06. The summed E-state index contributed by atoms with van der Waals surface area (Å²) in [4.78, 5) is 22.0. The summed E-state index contributed by atoms with van der Waals surface area (Å²) < 4.78 is 0. The van der Waals surface area contributed by atoms with Gasteiger partial charge in [-0.2, -0.15) is 0 Å². The van der Waals surface area contributed by atoms with Gasteiger partial charge in [0.1, 0.15) is 0 Å². The van der Waals surface area contributed by atoms with Crippen LogP contribution >= 0.6 is 0 Å². The van der Waals surface area contributed by atoms with Gasteiger partial charge in [-0.25, -0.2) is 0 Å². The van der Waals surface area contributed by atoms with Crippen molar-refractivity contribution in [3.05, 3.63) is 35.9 Å². The summed E-state index contributed by atoms with van der Waals surface area (Å²) in [5, 5.41) is 11.2. The van der Waals surface area contributed by atoms with Crippen LogP contribution in [-0.2, 0) is 9.59 Å². The van der Waals surface area contributed by atoms with Gasteiger partial charge in [-0.15, -0.1) is 0 Å². The van der Waals surface area contributed by atoms with Crippen molar-refractivity contribution in [1.82, 2.24) is 5.32 Å². The summed E-state index contributed by atoms with van der Waals surface area (Å²) in [7, 11) is 0. The van der Waals surface area contributed by atoms with Gasteiger partial charge in [-0.1, -0.05) is 12.1 Å². The van der Waals surface area contributed by atoms with Crippen molar-refractivity contribution in [3.63, 3.8) is 0 Å². The minimum Gasteiger partial charge on any atom is -0.481 e. The minimum absolute atomic E-state index is 0.0420. The molecule has 0 heterocycles. The van der Waals surface area contributed by atoms with Gasteiger partial charge in [0, 0.05) is 24.2 Å². The second kappa shape index (κ2) is 7.20. The largest absolute Gasteiger partial charge is 0.481 e. The Morgan fingerprint density at radius 3 is 2.84 bits per heavy atom. The van der Waals surface area contributed by atoms with Crippen LogP contribution in [0.25, 0.3) is 6.08 Å². The average molecular weight is 262 g/mol. The van der Waals surface area contributed by atoms with E-state index in [1.54, 1.807) is 25.1 Å². The van der Waals surface area contributed by atoms with Gasteiger partial charge in [-0.3, -0.25) is 9.59 Å². The first kappa shape index (κ1) is 14.8. The number of nitrogens with one attached hydrogen (secondary N) is 1. The van der Waals surface area contributed by atoms with Crippen molar-refractivity contribution in [2.24, 2.45) is 0 Å². The number of hydrogen-bond acceptors (Lipinski definition) is 3. The number of nitrogen functional groups attached to an aromatic ring is 1. The van der Waals surface area contributed by atoms with E-state index in [9.17, 15) is 9.59 Å². The normalized spacial score (nSPS) is 12.3. The molecule has 0 radical (unpaired) electrons. The molecule has 0 aliphatic heterocycles. The molecule has 1 rings (SSSR count). The number of carbonyl (C=O) groups is 2. The molecule has 1 unspecified atom stereocenters. The van der Waals surface area contributed by atoms with Crippen LogP contribution in [0, 0.1) is 0 Å². The average Bonchev–Trinajstić information content (AvgIpc) is 2.34. The lowest BCUT2D eigenvalue weighted by Gasteiger charge is -2.10. The summed E-state index contributed by atoms with van der Waals surface area (Å²) in [5.41, 5.74) is 7.10. The predicted octanol–water partition coefficient (Wildman–Crippen LogP) is 1.65. The van der Waals surface area contributed by atoms with Crippen molar-refractivity contribution >= 4 is 23.6 Å². The Morgan fingerprint density at radius 2 is 2.21 bits per heavy atom. The summed E-state index contributed by atoms with van der Waals surface area (Å²) in [6.07, 6.45) is 3.52. The Hall–Kier alpha value is -2.30. The molecule has 1 aromatic rings. The van der Waals surface area contributed by atoms with E-state index in [0.717, 1.165) is 5.56 Å². The molecular formula is C14H18N2O3. The minimum atomic E-state index is -0.864. The van der Waals surface area contributed by atoms with Crippen LogP contribution in [-0.4, -0.2) is 23.0 Å². The molecule has 0 bridgehead atoms. The zero-order valence-corrected chi connectivity index (χ0v) is 10.8.